The van der Waals surface area contributed by atoms with E-state index in [-0.39, 0.29) is 23.6 Å². The maximum atomic E-state index is 13.4. The van der Waals surface area contributed by atoms with E-state index in [4.69, 9.17) is 18.7 Å². The highest BCUT2D eigenvalue weighted by Gasteiger charge is 2.29. The topological polar surface area (TPSA) is 115 Å². The number of rotatable bonds is 17. The summed E-state index contributed by atoms with van der Waals surface area (Å²) < 4.78 is 24.1. The first-order chi connectivity index (χ1) is 23.9. The van der Waals surface area contributed by atoms with Gasteiger partial charge in [0.15, 0.2) is 11.5 Å². The fourth-order valence-corrected chi connectivity index (χ4v) is 6.01. The van der Waals surface area contributed by atoms with Crippen LogP contribution in [-0.2, 0) is 17.7 Å². The van der Waals surface area contributed by atoms with Crippen LogP contribution >= 0.6 is 0 Å². The van der Waals surface area contributed by atoms with Gasteiger partial charge in [0, 0.05) is 38.8 Å². The predicted octanol–water partition coefficient (Wildman–Crippen LogP) is 8.51. The van der Waals surface area contributed by atoms with Crippen LogP contribution in [0.15, 0.2) is 34.9 Å². The lowest BCUT2D eigenvalue weighted by molar-refractivity contribution is 0.0525. The van der Waals surface area contributed by atoms with Crippen molar-refractivity contribution in [1.29, 1.82) is 0 Å². The Hall–Kier alpha value is -4.05. The van der Waals surface area contributed by atoms with Crippen molar-refractivity contribution in [3.8, 4) is 33.9 Å². The molecule has 50 heavy (non-hydrogen) atoms. The monoisotopic (exact) mass is 690 g/mol. The number of carbonyl (C=O) groups is 2. The molecule has 2 aromatic carbocycles. The van der Waals surface area contributed by atoms with Gasteiger partial charge in [0.1, 0.15) is 17.1 Å². The van der Waals surface area contributed by atoms with Crippen LogP contribution in [0.1, 0.15) is 121 Å². The zero-order chi connectivity index (χ0) is 36.3. The molecule has 10 nitrogen and oxygen atoms in total. The number of benzene rings is 2. The summed E-state index contributed by atoms with van der Waals surface area (Å²) in [6, 6.07) is 10.5. The Balaban J connectivity index is 1.66. The van der Waals surface area contributed by atoms with E-state index < -0.39 is 5.60 Å². The van der Waals surface area contributed by atoms with Crippen LogP contribution < -0.4 is 20.1 Å². The van der Waals surface area contributed by atoms with E-state index >= 15 is 0 Å². The standard InChI is InChI=1S/C40H58N4O6/c1-9-12-21-47-33-25-34(48-22-13-10-2)32(24-31(33)27(4)5)37-35(36(43-50-37)38(45)41-11-3)29-15-16-30-26-44(20-17-28(30)23-29)19-14-18-42-39(46)49-40(6,7)8/h15-16,23-25,27H,9-14,17-22,26H2,1-8H3,(H,41,45)(H,42,46). The molecule has 0 unspecified atom stereocenters. The first-order valence-electron chi connectivity index (χ1n) is 18.5. The average molecular weight is 691 g/mol. The number of nitrogens with one attached hydrogen (secondary N) is 2. The second kappa shape index (κ2) is 18.3. The van der Waals surface area contributed by atoms with Gasteiger partial charge in [-0.3, -0.25) is 9.69 Å². The first-order valence-corrected chi connectivity index (χ1v) is 18.5. The van der Waals surface area contributed by atoms with Gasteiger partial charge >= 0.3 is 6.09 Å². The molecule has 0 atom stereocenters. The van der Waals surface area contributed by atoms with Crippen molar-refractivity contribution in [2.45, 2.75) is 112 Å². The lowest BCUT2D eigenvalue weighted by Crippen LogP contribution is -2.36. The maximum Gasteiger partial charge on any atom is 0.407 e. The molecule has 1 aliphatic rings. The van der Waals surface area contributed by atoms with Crippen LogP contribution in [0.3, 0.4) is 0 Å². The summed E-state index contributed by atoms with van der Waals surface area (Å²) in [5.41, 5.74) is 5.57. The van der Waals surface area contributed by atoms with Crippen molar-refractivity contribution >= 4 is 12.0 Å². The molecule has 0 radical (unpaired) electrons. The second-order valence-electron chi connectivity index (χ2n) is 14.3. The number of aromatic nitrogens is 1. The van der Waals surface area contributed by atoms with Gasteiger partial charge in [-0.05, 0) is 87.6 Å². The highest BCUT2D eigenvalue weighted by molar-refractivity contribution is 6.02. The molecule has 3 aromatic rings. The highest BCUT2D eigenvalue weighted by atomic mass is 16.6. The summed E-state index contributed by atoms with van der Waals surface area (Å²) in [7, 11) is 0. The number of ether oxygens (including phenoxy) is 3. The lowest BCUT2D eigenvalue weighted by Gasteiger charge is -2.29. The Morgan fingerprint density at radius 3 is 2.32 bits per heavy atom. The second-order valence-corrected chi connectivity index (χ2v) is 14.3. The largest absolute Gasteiger partial charge is 0.493 e. The molecule has 2 heterocycles. The third-order valence-electron chi connectivity index (χ3n) is 8.64. The molecule has 10 heteroatoms. The van der Waals surface area contributed by atoms with Gasteiger partial charge in [-0.25, -0.2) is 4.79 Å². The molecule has 0 fully saturated rings. The molecule has 2 amide bonds. The molecule has 4 rings (SSSR count). The maximum absolute atomic E-state index is 13.4. The van der Waals surface area contributed by atoms with E-state index in [1.54, 1.807) is 0 Å². The molecule has 1 aliphatic heterocycles. The summed E-state index contributed by atoms with van der Waals surface area (Å²) in [6.07, 6.45) is 5.24. The summed E-state index contributed by atoms with van der Waals surface area (Å²) in [6.45, 7) is 20.9. The Labute approximate surface area is 298 Å². The van der Waals surface area contributed by atoms with E-state index in [1.165, 1.54) is 11.1 Å². The molecular formula is C40H58N4O6. The van der Waals surface area contributed by atoms with Crippen molar-refractivity contribution in [2.75, 3.05) is 39.4 Å². The van der Waals surface area contributed by atoms with Crippen LogP contribution in [0.4, 0.5) is 4.79 Å². The Morgan fingerprint density at radius 2 is 1.66 bits per heavy atom. The third-order valence-corrected chi connectivity index (χ3v) is 8.64. The number of amides is 2. The molecule has 0 bridgehead atoms. The molecule has 0 saturated carbocycles. The van der Waals surface area contributed by atoms with Crippen molar-refractivity contribution in [3.05, 3.63) is 52.7 Å². The minimum absolute atomic E-state index is 0.184. The molecular weight excluding hydrogens is 632 g/mol. The third kappa shape index (κ3) is 10.5. The SMILES string of the molecule is CCCCOc1cc(OCCCC)c(C(C)C)cc1-c1onc(C(=O)NCC)c1-c1ccc2c(c1)CCN(CCCNC(=O)OC(C)(C)C)C2. The summed E-state index contributed by atoms with van der Waals surface area (Å²) in [4.78, 5) is 27.8. The predicted molar refractivity (Wildman–Crippen MR) is 198 cm³/mol. The fourth-order valence-electron chi connectivity index (χ4n) is 6.01. The fraction of sp³-hybridized carbons (Fsp3) is 0.575. The van der Waals surface area contributed by atoms with E-state index in [1.807, 2.05) is 33.8 Å². The minimum Gasteiger partial charge on any atom is -0.493 e. The van der Waals surface area contributed by atoms with Crippen LogP contribution in [0.25, 0.3) is 22.5 Å². The number of alkyl carbamates (subject to hydrolysis) is 1. The van der Waals surface area contributed by atoms with E-state index in [2.05, 4.69) is 72.7 Å². The Morgan fingerprint density at radius 1 is 0.940 bits per heavy atom. The Bertz CT molecular complexity index is 1570. The van der Waals surface area contributed by atoms with E-state index in [0.717, 1.165) is 80.6 Å². The summed E-state index contributed by atoms with van der Waals surface area (Å²) in [5.74, 6) is 1.88. The summed E-state index contributed by atoms with van der Waals surface area (Å²) >= 11 is 0. The van der Waals surface area contributed by atoms with E-state index in [0.29, 0.717) is 43.4 Å². The highest BCUT2D eigenvalue weighted by Crippen LogP contribution is 2.44. The van der Waals surface area contributed by atoms with Crippen molar-refractivity contribution in [2.24, 2.45) is 0 Å². The van der Waals surface area contributed by atoms with E-state index in [9.17, 15) is 9.59 Å². The van der Waals surface area contributed by atoms with Crippen LogP contribution in [0.5, 0.6) is 11.5 Å². The molecule has 274 valence electrons. The molecule has 1 aromatic heterocycles. The number of hydrogen-bond acceptors (Lipinski definition) is 8. The van der Waals surface area contributed by atoms with Crippen molar-refractivity contribution in [1.82, 2.24) is 20.7 Å². The lowest BCUT2D eigenvalue weighted by atomic mass is 9.91. The first kappa shape index (κ1) is 38.7. The average Bonchev–Trinajstić information content (AvgIpc) is 3.51. The van der Waals surface area contributed by atoms with Gasteiger partial charge in [-0.1, -0.05) is 63.9 Å². The van der Waals surface area contributed by atoms with Gasteiger partial charge in [0.2, 0.25) is 0 Å². The normalized spacial score (nSPS) is 13.2. The molecule has 0 aliphatic carbocycles. The Kier molecular flexibility index (Phi) is 14.2. The molecule has 0 spiro atoms. The zero-order valence-electron chi connectivity index (χ0n) is 31.5. The summed E-state index contributed by atoms with van der Waals surface area (Å²) in [5, 5.41) is 10.1. The van der Waals surface area contributed by atoms with Gasteiger partial charge in [0.05, 0.1) is 24.3 Å². The van der Waals surface area contributed by atoms with Gasteiger partial charge in [0.25, 0.3) is 5.91 Å². The van der Waals surface area contributed by atoms with Gasteiger partial charge in [-0.15, -0.1) is 0 Å². The number of nitrogens with zero attached hydrogens (tertiary/aromatic N) is 2. The number of carbonyl (C=O) groups excluding carboxylic acids is 2. The van der Waals surface area contributed by atoms with Gasteiger partial charge < -0.3 is 29.4 Å². The number of unbranched alkanes of at least 4 members (excludes halogenated alkanes) is 2. The number of hydrogen-bond donors (Lipinski definition) is 2. The van der Waals surface area contributed by atoms with Crippen LogP contribution in [0, 0.1) is 0 Å². The van der Waals surface area contributed by atoms with Crippen molar-refractivity contribution in [3.63, 3.8) is 0 Å². The van der Waals surface area contributed by atoms with Crippen molar-refractivity contribution < 1.29 is 28.3 Å². The quantitative estimate of drug-likeness (QED) is 0.136. The van der Waals surface area contributed by atoms with Crippen LogP contribution in [0.2, 0.25) is 0 Å². The molecule has 2 N–H and O–H groups in total. The smallest absolute Gasteiger partial charge is 0.407 e. The van der Waals surface area contributed by atoms with Crippen LogP contribution in [-0.4, -0.2) is 67.1 Å². The zero-order valence-corrected chi connectivity index (χ0v) is 31.5. The molecule has 0 saturated heterocycles. The minimum atomic E-state index is -0.511. The number of fused-ring (bicyclic) bond motifs is 1. The van der Waals surface area contributed by atoms with Gasteiger partial charge in [-0.2, -0.15) is 0 Å².